The molecule has 0 aliphatic carbocycles. The fourth-order valence-electron chi connectivity index (χ4n) is 1.87. The monoisotopic (exact) mass is 253 g/mol. The number of Topliss-reactive ketones (excluding diaryl/α,β-unsaturated/α-hetero) is 1. The highest BCUT2D eigenvalue weighted by molar-refractivity contribution is 6.24. The van der Waals surface area contributed by atoms with E-state index in [2.05, 4.69) is 4.98 Å². The summed E-state index contributed by atoms with van der Waals surface area (Å²) in [5.74, 6) is -4.19. The highest BCUT2D eigenvalue weighted by Gasteiger charge is 2.53. The number of aliphatic carboxylic acids is 2. The van der Waals surface area contributed by atoms with Crippen molar-refractivity contribution in [2.45, 2.75) is 26.7 Å². The fraction of sp³-hybridized carbons (Fsp3) is 0.417. The number of hydrogen-bond donors (Lipinski definition) is 3. The second-order valence-electron chi connectivity index (χ2n) is 3.93. The average molecular weight is 253 g/mol. The Labute approximate surface area is 104 Å². The topological polar surface area (TPSA) is 107 Å². The second-order valence-corrected chi connectivity index (χ2v) is 3.93. The van der Waals surface area contributed by atoms with Gasteiger partial charge in [0.05, 0.1) is 5.69 Å². The number of aromatic nitrogens is 1. The van der Waals surface area contributed by atoms with Crippen molar-refractivity contribution in [2.75, 3.05) is 0 Å². The van der Waals surface area contributed by atoms with E-state index in [0.717, 1.165) is 0 Å². The summed E-state index contributed by atoms with van der Waals surface area (Å²) in [7, 11) is 0. The van der Waals surface area contributed by atoms with Crippen LogP contribution in [0.4, 0.5) is 0 Å². The molecular formula is C12H15NO5. The van der Waals surface area contributed by atoms with Gasteiger partial charge in [-0.15, -0.1) is 0 Å². The maximum absolute atomic E-state index is 12.2. The van der Waals surface area contributed by atoms with Gasteiger partial charge in [-0.2, -0.15) is 0 Å². The molecule has 0 bridgehead atoms. The highest BCUT2D eigenvalue weighted by Crippen LogP contribution is 2.29. The Bertz CT molecular complexity index is 474. The summed E-state index contributed by atoms with van der Waals surface area (Å²) in [6, 6.07) is 1.64. The molecule has 0 atom stereocenters. The number of hydrogen-bond acceptors (Lipinski definition) is 3. The summed E-state index contributed by atoms with van der Waals surface area (Å²) in [6.45, 7) is 3.17. The molecule has 6 nitrogen and oxygen atoms in total. The number of H-pyrrole nitrogens is 1. The van der Waals surface area contributed by atoms with Crippen LogP contribution in [0.5, 0.6) is 0 Å². The molecule has 18 heavy (non-hydrogen) atoms. The van der Waals surface area contributed by atoms with E-state index in [1.54, 1.807) is 13.0 Å². The van der Waals surface area contributed by atoms with Crippen LogP contribution in [-0.2, 0) is 16.0 Å². The van der Waals surface area contributed by atoms with Gasteiger partial charge in [0.1, 0.15) is 0 Å². The predicted octanol–water partition coefficient (Wildman–Crippen LogP) is 1.33. The summed E-state index contributed by atoms with van der Waals surface area (Å²) in [6.07, 6.45) is 1.71. The van der Waals surface area contributed by atoms with Gasteiger partial charge in [-0.25, -0.2) is 0 Å². The van der Waals surface area contributed by atoms with Crippen LogP contribution >= 0.6 is 0 Å². The first-order valence-corrected chi connectivity index (χ1v) is 5.59. The normalized spacial score (nSPS) is 11.2. The third-order valence-electron chi connectivity index (χ3n) is 3.09. The van der Waals surface area contributed by atoms with Gasteiger partial charge >= 0.3 is 11.9 Å². The van der Waals surface area contributed by atoms with Gasteiger partial charge in [0.2, 0.25) is 11.2 Å². The first-order valence-electron chi connectivity index (χ1n) is 5.59. The van der Waals surface area contributed by atoms with Gasteiger partial charge < -0.3 is 15.2 Å². The Morgan fingerprint density at radius 2 is 1.78 bits per heavy atom. The lowest BCUT2D eigenvalue weighted by molar-refractivity contribution is -0.160. The van der Waals surface area contributed by atoms with Crippen LogP contribution < -0.4 is 0 Å². The number of carboxylic acids is 2. The molecule has 0 saturated carbocycles. The zero-order valence-electron chi connectivity index (χ0n) is 10.2. The van der Waals surface area contributed by atoms with Crippen LogP contribution in [0.25, 0.3) is 0 Å². The lowest BCUT2D eigenvalue weighted by Gasteiger charge is -2.21. The minimum atomic E-state index is -2.42. The third-order valence-corrected chi connectivity index (χ3v) is 3.09. The molecule has 1 aromatic heterocycles. The molecule has 1 aromatic rings. The first-order chi connectivity index (χ1) is 8.41. The molecular weight excluding hydrogens is 238 g/mol. The van der Waals surface area contributed by atoms with E-state index in [4.69, 9.17) is 10.2 Å². The molecule has 0 fully saturated rings. The zero-order chi connectivity index (χ0) is 13.9. The van der Waals surface area contributed by atoms with E-state index in [1.165, 1.54) is 13.1 Å². The minimum absolute atomic E-state index is 0.0594. The lowest BCUT2D eigenvalue weighted by Crippen LogP contribution is -2.46. The Kier molecular flexibility index (Phi) is 3.90. The smallest absolute Gasteiger partial charge is 0.329 e. The van der Waals surface area contributed by atoms with Gasteiger partial charge in [-0.3, -0.25) is 14.4 Å². The number of carbonyl (C=O) groups is 3. The van der Waals surface area contributed by atoms with E-state index in [1.807, 2.05) is 0 Å². The van der Waals surface area contributed by atoms with Crippen LogP contribution in [-0.4, -0.2) is 32.9 Å². The largest absolute Gasteiger partial charge is 0.480 e. The van der Waals surface area contributed by atoms with E-state index >= 15 is 0 Å². The van der Waals surface area contributed by atoms with E-state index in [0.29, 0.717) is 12.0 Å². The quantitative estimate of drug-likeness (QED) is 0.523. The van der Waals surface area contributed by atoms with Crippen LogP contribution in [0.1, 0.15) is 36.3 Å². The Balaban J connectivity index is 3.36. The molecule has 1 rings (SSSR count). The summed E-state index contributed by atoms with van der Waals surface area (Å²) >= 11 is 0. The Hall–Kier alpha value is -2.11. The van der Waals surface area contributed by atoms with E-state index < -0.39 is 23.1 Å². The Morgan fingerprint density at radius 1 is 1.22 bits per heavy atom. The maximum atomic E-state index is 12.2. The van der Waals surface area contributed by atoms with Crippen molar-refractivity contribution in [2.24, 2.45) is 5.41 Å². The number of aryl methyl sites for hydroxylation is 1. The predicted molar refractivity (Wildman–Crippen MR) is 62.5 cm³/mol. The van der Waals surface area contributed by atoms with Gasteiger partial charge in [0.15, 0.2) is 0 Å². The molecule has 0 aromatic carbocycles. The van der Waals surface area contributed by atoms with E-state index in [-0.39, 0.29) is 12.1 Å². The van der Waals surface area contributed by atoms with E-state index in [9.17, 15) is 14.4 Å². The SMILES string of the molecule is CCc1cc[nH]c1C(=O)C(CC)(C(=O)O)C(=O)O. The fourth-order valence-corrected chi connectivity index (χ4v) is 1.87. The third kappa shape index (κ3) is 1.90. The second kappa shape index (κ2) is 5.03. The number of carbonyl (C=O) groups excluding carboxylic acids is 1. The van der Waals surface area contributed by atoms with Gasteiger partial charge in [0.25, 0.3) is 0 Å². The summed E-state index contributed by atoms with van der Waals surface area (Å²) in [5, 5.41) is 18.2. The number of nitrogens with one attached hydrogen (secondary N) is 1. The molecule has 0 aliphatic heterocycles. The van der Waals surface area contributed by atoms with Crippen molar-refractivity contribution in [3.63, 3.8) is 0 Å². The number of ketones is 1. The molecule has 0 amide bonds. The number of carboxylic acid groups (broad SMARTS) is 2. The molecule has 0 spiro atoms. The van der Waals surface area contributed by atoms with Gasteiger partial charge in [-0.05, 0) is 24.5 Å². The van der Waals surface area contributed by atoms with Crippen LogP contribution in [0.3, 0.4) is 0 Å². The average Bonchev–Trinajstić information content (AvgIpc) is 2.77. The summed E-state index contributed by atoms with van der Waals surface area (Å²) in [5.41, 5.74) is -1.75. The van der Waals surface area contributed by atoms with Crippen molar-refractivity contribution >= 4 is 17.7 Å². The first kappa shape index (κ1) is 14.0. The lowest BCUT2D eigenvalue weighted by atomic mass is 9.78. The molecule has 3 N–H and O–H groups in total. The molecule has 0 unspecified atom stereocenters. The highest BCUT2D eigenvalue weighted by atomic mass is 16.4. The number of rotatable bonds is 6. The van der Waals surface area contributed by atoms with Crippen molar-refractivity contribution in [3.8, 4) is 0 Å². The summed E-state index contributed by atoms with van der Waals surface area (Å²) < 4.78 is 0. The van der Waals surface area contributed by atoms with Gasteiger partial charge in [-0.1, -0.05) is 13.8 Å². The van der Waals surface area contributed by atoms with Crippen molar-refractivity contribution < 1.29 is 24.6 Å². The maximum Gasteiger partial charge on any atom is 0.329 e. The van der Waals surface area contributed by atoms with Crippen molar-refractivity contribution in [1.29, 1.82) is 0 Å². The Morgan fingerprint density at radius 3 is 2.17 bits per heavy atom. The van der Waals surface area contributed by atoms with Gasteiger partial charge in [0, 0.05) is 6.20 Å². The van der Waals surface area contributed by atoms with Crippen LogP contribution in [0, 0.1) is 5.41 Å². The molecule has 98 valence electrons. The zero-order valence-corrected chi connectivity index (χ0v) is 10.2. The standard InChI is InChI=1S/C12H15NO5/c1-3-7-5-6-13-8(7)9(14)12(4-2,10(15)16)11(17)18/h5-6,13H,3-4H2,1-2H3,(H,15,16)(H,17,18). The van der Waals surface area contributed by atoms with Crippen molar-refractivity contribution in [1.82, 2.24) is 4.98 Å². The molecule has 0 radical (unpaired) electrons. The molecule has 1 heterocycles. The van der Waals surface area contributed by atoms with Crippen molar-refractivity contribution in [3.05, 3.63) is 23.5 Å². The molecule has 0 saturated heterocycles. The van der Waals surface area contributed by atoms with Crippen LogP contribution in [0.2, 0.25) is 0 Å². The minimum Gasteiger partial charge on any atom is -0.480 e. The molecule has 6 heteroatoms. The molecule has 0 aliphatic rings. The summed E-state index contributed by atoms with van der Waals surface area (Å²) in [4.78, 5) is 37.3. The number of aromatic amines is 1. The van der Waals surface area contributed by atoms with Crippen LogP contribution in [0.15, 0.2) is 12.3 Å².